The third kappa shape index (κ3) is 3.96. The molecule has 0 atom stereocenters. The molecular formula is C17H12BrIN2O4. The number of rotatable bonds is 4. The van der Waals surface area contributed by atoms with Crippen LogP contribution < -0.4 is 10.2 Å². The number of nitrogens with one attached hydrogen (secondary N) is 1. The molecule has 0 saturated heterocycles. The van der Waals surface area contributed by atoms with E-state index in [-0.39, 0.29) is 11.5 Å². The molecule has 0 unspecified atom stereocenters. The fourth-order valence-corrected chi connectivity index (χ4v) is 3.19. The van der Waals surface area contributed by atoms with Crippen LogP contribution in [0.25, 0.3) is 11.0 Å². The molecule has 0 fully saturated rings. The third-order valence-electron chi connectivity index (χ3n) is 3.36. The molecule has 6 nitrogen and oxygen atoms in total. The molecule has 3 aromatic rings. The second kappa shape index (κ2) is 7.44. The predicted octanol–water partition coefficient (Wildman–Crippen LogP) is 4.28. The molecule has 128 valence electrons. The number of carbonyl (C=O) groups excluding carboxylic acids is 1. The van der Waals surface area contributed by atoms with Crippen LogP contribution in [0.3, 0.4) is 0 Å². The number of methoxy groups -OCH3 is 1. The Morgan fingerprint density at radius 3 is 2.92 bits per heavy atom. The Labute approximate surface area is 165 Å². The average Bonchev–Trinajstić information content (AvgIpc) is 3.00. The lowest BCUT2D eigenvalue weighted by Gasteiger charge is -2.06. The van der Waals surface area contributed by atoms with Crippen molar-refractivity contribution in [3.05, 3.63) is 55.8 Å². The lowest BCUT2D eigenvalue weighted by molar-refractivity contribution is 0.0929. The van der Waals surface area contributed by atoms with Gasteiger partial charge in [-0.15, -0.1) is 0 Å². The Morgan fingerprint density at radius 2 is 2.16 bits per heavy atom. The lowest BCUT2D eigenvalue weighted by atomic mass is 10.2. The van der Waals surface area contributed by atoms with Gasteiger partial charge in [0, 0.05) is 19.0 Å². The maximum Gasteiger partial charge on any atom is 0.307 e. The molecular weight excluding hydrogens is 503 g/mol. The molecule has 0 saturated carbocycles. The van der Waals surface area contributed by atoms with Crippen molar-refractivity contribution in [1.29, 1.82) is 0 Å². The van der Waals surface area contributed by atoms with E-state index in [1.165, 1.54) is 13.3 Å². The summed E-state index contributed by atoms with van der Waals surface area (Å²) < 4.78 is 12.3. The Morgan fingerprint density at radius 1 is 1.36 bits per heavy atom. The number of furan rings is 1. The van der Waals surface area contributed by atoms with Crippen LogP contribution in [0.1, 0.15) is 16.1 Å². The summed E-state index contributed by atoms with van der Waals surface area (Å²) in [4.78, 5) is 12.1. The van der Waals surface area contributed by atoms with Crippen LogP contribution in [-0.2, 0) is 0 Å². The van der Waals surface area contributed by atoms with Crippen molar-refractivity contribution < 1.29 is 19.1 Å². The SMILES string of the molecule is COc1cc(I)cc(/C=N/NC(=O)c2cc3cc(Br)ccc3o2)c1O. The van der Waals surface area contributed by atoms with Gasteiger partial charge >= 0.3 is 5.91 Å². The van der Waals surface area contributed by atoms with Crippen molar-refractivity contribution >= 4 is 61.6 Å². The third-order valence-corrected chi connectivity index (χ3v) is 4.48. The summed E-state index contributed by atoms with van der Waals surface area (Å²) in [5, 5.41) is 14.7. The zero-order valence-corrected chi connectivity index (χ0v) is 16.7. The summed E-state index contributed by atoms with van der Waals surface area (Å²) in [6.07, 6.45) is 1.34. The summed E-state index contributed by atoms with van der Waals surface area (Å²) >= 11 is 5.47. The Kier molecular flexibility index (Phi) is 5.28. The summed E-state index contributed by atoms with van der Waals surface area (Å²) in [5.41, 5.74) is 3.41. The van der Waals surface area contributed by atoms with Crippen LogP contribution in [0.2, 0.25) is 0 Å². The van der Waals surface area contributed by atoms with Crippen LogP contribution >= 0.6 is 38.5 Å². The maximum atomic E-state index is 12.1. The highest BCUT2D eigenvalue weighted by Crippen LogP contribution is 2.31. The van der Waals surface area contributed by atoms with E-state index in [1.54, 1.807) is 24.3 Å². The first kappa shape index (κ1) is 17.7. The summed E-state index contributed by atoms with van der Waals surface area (Å²) in [6.45, 7) is 0. The largest absolute Gasteiger partial charge is 0.504 e. The van der Waals surface area contributed by atoms with E-state index in [0.29, 0.717) is 16.9 Å². The smallest absolute Gasteiger partial charge is 0.307 e. The minimum Gasteiger partial charge on any atom is -0.504 e. The summed E-state index contributed by atoms with van der Waals surface area (Å²) in [6, 6.07) is 10.5. The molecule has 0 bridgehead atoms. The Bertz CT molecular complexity index is 984. The van der Waals surface area contributed by atoms with Crippen molar-refractivity contribution in [2.45, 2.75) is 0 Å². The first-order chi connectivity index (χ1) is 12.0. The predicted molar refractivity (Wildman–Crippen MR) is 106 cm³/mol. The quantitative estimate of drug-likeness (QED) is 0.309. The number of hydrazone groups is 1. The van der Waals surface area contributed by atoms with Crippen LogP contribution in [0.4, 0.5) is 0 Å². The van der Waals surface area contributed by atoms with Gasteiger partial charge in [-0.1, -0.05) is 15.9 Å². The molecule has 0 aliphatic heterocycles. The Hall–Kier alpha value is -2.07. The van der Waals surface area contributed by atoms with E-state index in [4.69, 9.17) is 9.15 Å². The van der Waals surface area contributed by atoms with Crippen molar-refractivity contribution in [3.63, 3.8) is 0 Å². The fraction of sp³-hybridized carbons (Fsp3) is 0.0588. The number of phenolic OH excluding ortho intramolecular Hbond substituents is 1. The van der Waals surface area contributed by atoms with Crippen LogP contribution in [0.5, 0.6) is 11.5 Å². The number of ether oxygens (including phenoxy) is 1. The van der Waals surface area contributed by atoms with E-state index in [0.717, 1.165) is 13.4 Å². The van der Waals surface area contributed by atoms with Crippen molar-refractivity contribution in [1.82, 2.24) is 5.43 Å². The first-order valence-electron chi connectivity index (χ1n) is 7.07. The molecule has 0 aliphatic carbocycles. The van der Waals surface area contributed by atoms with Crippen LogP contribution in [-0.4, -0.2) is 24.3 Å². The zero-order valence-electron chi connectivity index (χ0n) is 12.9. The molecule has 0 spiro atoms. The van der Waals surface area contributed by atoms with Crippen molar-refractivity contribution in [3.8, 4) is 11.5 Å². The molecule has 0 aliphatic rings. The van der Waals surface area contributed by atoms with Gasteiger partial charge in [0.1, 0.15) is 5.58 Å². The van der Waals surface area contributed by atoms with Gasteiger partial charge < -0.3 is 14.3 Å². The number of nitrogens with zero attached hydrogens (tertiary/aromatic N) is 1. The molecule has 0 radical (unpaired) electrons. The number of amides is 1. The molecule has 1 amide bonds. The standard InChI is InChI=1S/C17H12BrIN2O4/c1-24-14-7-12(19)5-10(16(14)22)8-20-21-17(23)15-6-9-4-11(18)2-3-13(9)25-15/h2-8,22H,1H3,(H,21,23)/b20-8+. The number of aromatic hydroxyl groups is 1. The van der Waals surface area contributed by atoms with E-state index < -0.39 is 5.91 Å². The fourth-order valence-electron chi connectivity index (χ4n) is 2.19. The summed E-state index contributed by atoms with van der Waals surface area (Å²) in [5.74, 6) is -0.0487. The second-order valence-corrected chi connectivity index (χ2v) is 7.20. The highest BCUT2D eigenvalue weighted by atomic mass is 127. The van der Waals surface area contributed by atoms with Gasteiger partial charge in [-0.25, -0.2) is 5.43 Å². The maximum absolute atomic E-state index is 12.1. The molecule has 2 N–H and O–H groups in total. The van der Waals surface area contributed by atoms with Gasteiger partial charge in [-0.2, -0.15) is 5.10 Å². The van der Waals surface area contributed by atoms with Crippen LogP contribution in [0.15, 0.2) is 50.4 Å². The molecule has 2 aromatic carbocycles. The minimum absolute atomic E-state index is 0.0468. The van der Waals surface area contributed by atoms with Gasteiger partial charge in [-0.05, 0) is 59.0 Å². The second-order valence-electron chi connectivity index (χ2n) is 5.04. The number of hydrogen-bond donors (Lipinski definition) is 2. The number of fused-ring (bicyclic) bond motifs is 1. The van der Waals surface area contributed by atoms with E-state index in [9.17, 15) is 9.90 Å². The molecule has 25 heavy (non-hydrogen) atoms. The normalized spacial score (nSPS) is 11.2. The number of phenols is 1. The average molecular weight is 515 g/mol. The van der Waals surface area contributed by atoms with E-state index >= 15 is 0 Å². The van der Waals surface area contributed by atoms with Gasteiger partial charge in [0.2, 0.25) is 0 Å². The van der Waals surface area contributed by atoms with Crippen molar-refractivity contribution in [2.24, 2.45) is 5.10 Å². The van der Waals surface area contributed by atoms with Gasteiger partial charge in [-0.3, -0.25) is 4.79 Å². The summed E-state index contributed by atoms with van der Waals surface area (Å²) in [7, 11) is 1.47. The highest BCUT2D eigenvalue weighted by molar-refractivity contribution is 14.1. The minimum atomic E-state index is -0.486. The number of benzene rings is 2. The Balaban J connectivity index is 1.77. The zero-order chi connectivity index (χ0) is 18.0. The van der Waals surface area contributed by atoms with Gasteiger partial charge in [0.05, 0.1) is 13.3 Å². The lowest BCUT2D eigenvalue weighted by Crippen LogP contribution is -2.16. The molecule has 1 heterocycles. The highest BCUT2D eigenvalue weighted by Gasteiger charge is 2.12. The topological polar surface area (TPSA) is 84.1 Å². The van der Waals surface area contributed by atoms with Crippen molar-refractivity contribution in [2.75, 3.05) is 7.11 Å². The first-order valence-corrected chi connectivity index (χ1v) is 8.94. The number of hydrogen-bond acceptors (Lipinski definition) is 5. The number of carbonyl (C=O) groups is 1. The molecule has 1 aromatic heterocycles. The van der Waals surface area contributed by atoms with Crippen LogP contribution in [0, 0.1) is 3.57 Å². The van der Waals surface area contributed by atoms with E-state index in [1.807, 2.05) is 12.1 Å². The van der Waals surface area contributed by atoms with Gasteiger partial charge in [0.25, 0.3) is 0 Å². The van der Waals surface area contributed by atoms with E-state index in [2.05, 4.69) is 49.0 Å². The molecule has 3 rings (SSSR count). The number of halogens is 2. The molecule has 8 heteroatoms. The monoisotopic (exact) mass is 514 g/mol. The van der Waals surface area contributed by atoms with Gasteiger partial charge in [0.15, 0.2) is 17.3 Å².